The van der Waals surface area contributed by atoms with Crippen molar-refractivity contribution in [3.63, 3.8) is 0 Å². The van der Waals surface area contributed by atoms with Gasteiger partial charge in [-0.15, -0.1) is 0 Å². The van der Waals surface area contributed by atoms with Crippen molar-refractivity contribution in [2.45, 2.75) is 32.0 Å². The Morgan fingerprint density at radius 1 is 1.19 bits per heavy atom. The number of carbonyl (C=O) groups excluding carboxylic acids is 1. The Hall–Kier alpha value is -2.94. The highest BCUT2D eigenvalue weighted by Gasteiger charge is 2.38. The van der Waals surface area contributed by atoms with Crippen molar-refractivity contribution in [2.24, 2.45) is 5.92 Å². The third kappa shape index (κ3) is 7.36. The molecule has 168 valence electrons. The second-order valence-corrected chi connectivity index (χ2v) is 7.29. The summed E-state index contributed by atoms with van der Waals surface area (Å²) in [6, 6.07) is 14.1. The Labute approximate surface area is 178 Å². The average Bonchev–Trinajstić information content (AvgIpc) is 2.74. The number of rotatable bonds is 4. The van der Waals surface area contributed by atoms with Crippen LogP contribution in [0.5, 0.6) is 0 Å². The van der Waals surface area contributed by atoms with Gasteiger partial charge in [-0.3, -0.25) is 9.78 Å². The molecule has 0 spiro atoms. The van der Waals surface area contributed by atoms with E-state index in [-0.39, 0.29) is 12.0 Å². The number of hydrogen-bond donors (Lipinski definition) is 1. The molecule has 9 heteroatoms. The molecule has 1 aliphatic rings. The first-order valence-corrected chi connectivity index (χ1v) is 9.70. The second kappa shape index (κ2) is 10.9. The van der Waals surface area contributed by atoms with E-state index in [0.717, 1.165) is 24.9 Å². The first kappa shape index (κ1) is 24.3. The number of pyridine rings is 1. The number of alkyl halides is 3. The van der Waals surface area contributed by atoms with Crippen LogP contribution in [0.4, 0.5) is 13.2 Å². The number of carboxylic acids is 1. The minimum absolute atomic E-state index is 0.0163. The maximum absolute atomic E-state index is 12.7. The van der Waals surface area contributed by atoms with Crippen LogP contribution in [-0.2, 0) is 16.0 Å². The van der Waals surface area contributed by atoms with Crippen LogP contribution in [0.2, 0.25) is 0 Å². The maximum atomic E-state index is 12.7. The Morgan fingerprint density at radius 3 is 2.35 bits per heavy atom. The molecule has 31 heavy (non-hydrogen) atoms. The van der Waals surface area contributed by atoms with Crippen LogP contribution in [-0.4, -0.2) is 59.3 Å². The zero-order chi connectivity index (χ0) is 23.0. The van der Waals surface area contributed by atoms with E-state index < -0.39 is 12.1 Å². The number of methoxy groups -OCH3 is 1. The number of halogens is 3. The average molecular weight is 438 g/mol. The standard InChI is InChI=1S/C20H24N2O2.C2HF3O2/c1-15-8-9-18(21-13-15)20(23)22-11-10-19(24-2)17(14-22)12-16-6-4-3-5-7-16;3-2(4,5)1(6)7/h3-9,13,17,19H,10-12,14H2,1-2H3;(H,6,7)/t17-,19-;/m0./s1. The van der Waals surface area contributed by atoms with Gasteiger partial charge in [0.05, 0.1) is 6.10 Å². The largest absolute Gasteiger partial charge is 0.490 e. The molecule has 1 fully saturated rings. The SMILES string of the molecule is CO[C@H]1CCN(C(=O)c2ccc(C)cn2)C[C@@H]1Cc1ccccc1.O=C(O)C(F)(F)F. The normalized spacial score (nSPS) is 18.7. The number of aromatic nitrogens is 1. The van der Waals surface area contributed by atoms with Crippen LogP contribution in [0.25, 0.3) is 0 Å². The van der Waals surface area contributed by atoms with Crippen molar-refractivity contribution in [1.29, 1.82) is 0 Å². The number of aliphatic carboxylic acids is 1. The molecule has 1 N–H and O–H groups in total. The molecule has 0 unspecified atom stereocenters. The summed E-state index contributed by atoms with van der Waals surface area (Å²) in [4.78, 5) is 27.8. The summed E-state index contributed by atoms with van der Waals surface area (Å²) in [5.41, 5.74) is 2.87. The van der Waals surface area contributed by atoms with Crippen molar-refractivity contribution in [3.05, 3.63) is 65.5 Å². The van der Waals surface area contributed by atoms with Gasteiger partial charge in [0.25, 0.3) is 5.91 Å². The maximum Gasteiger partial charge on any atom is 0.490 e. The van der Waals surface area contributed by atoms with Gasteiger partial charge < -0.3 is 14.7 Å². The van der Waals surface area contributed by atoms with Crippen LogP contribution < -0.4 is 0 Å². The smallest absolute Gasteiger partial charge is 0.475 e. The molecule has 1 aromatic heterocycles. The van der Waals surface area contributed by atoms with Gasteiger partial charge in [0, 0.05) is 32.3 Å². The quantitative estimate of drug-likeness (QED) is 0.787. The highest BCUT2D eigenvalue weighted by molar-refractivity contribution is 5.92. The number of nitrogens with zero attached hydrogens (tertiary/aromatic N) is 2. The summed E-state index contributed by atoms with van der Waals surface area (Å²) >= 11 is 0. The fourth-order valence-electron chi connectivity index (χ4n) is 3.37. The van der Waals surface area contributed by atoms with Crippen molar-refractivity contribution in [2.75, 3.05) is 20.2 Å². The van der Waals surface area contributed by atoms with Gasteiger partial charge in [0.15, 0.2) is 0 Å². The van der Waals surface area contributed by atoms with Crippen LogP contribution in [0, 0.1) is 12.8 Å². The molecule has 0 bridgehead atoms. The number of piperidine rings is 1. The van der Waals surface area contributed by atoms with Gasteiger partial charge in [-0.1, -0.05) is 36.4 Å². The molecule has 1 aromatic carbocycles. The van der Waals surface area contributed by atoms with Crippen LogP contribution in [0.15, 0.2) is 48.7 Å². The zero-order valence-corrected chi connectivity index (χ0v) is 17.3. The van der Waals surface area contributed by atoms with Gasteiger partial charge in [-0.25, -0.2) is 4.79 Å². The molecule has 1 amide bonds. The van der Waals surface area contributed by atoms with Gasteiger partial charge in [-0.2, -0.15) is 13.2 Å². The van der Waals surface area contributed by atoms with E-state index in [1.807, 2.05) is 30.0 Å². The van der Waals surface area contributed by atoms with Gasteiger partial charge in [0.2, 0.25) is 0 Å². The van der Waals surface area contributed by atoms with Crippen molar-refractivity contribution in [1.82, 2.24) is 9.88 Å². The van der Waals surface area contributed by atoms with Crippen molar-refractivity contribution >= 4 is 11.9 Å². The Kier molecular flexibility index (Phi) is 8.56. The van der Waals surface area contributed by atoms with Crippen LogP contribution >= 0.6 is 0 Å². The summed E-state index contributed by atoms with van der Waals surface area (Å²) in [6.45, 7) is 3.40. The van der Waals surface area contributed by atoms with E-state index >= 15 is 0 Å². The third-order valence-electron chi connectivity index (χ3n) is 4.97. The summed E-state index contributed by atoms with van der Waals surface area (Å²) in [5.74, 6) is -2.43. The molecule has 1 aliphatic heterocycles. The zero-order valence-electron chi connectivity index (χ0n) is 17.3. The number of benzene rings is 1. The fraction of sp³-hybridized carbons (Fsp3) is 0.409. The number of carboxylic acid groups (broad SMARTS) is 1. The van der Waals surface area contributed by atoms with Gasteiger partial charge in [0.1, 0.15) is 5.69 Å². The second-order valence-electron chi connectivity index (χ2n) is 7.29. The van der Waals surface area contributed by atoms with E-state index in [1.165, 1.54) is 5.56 Å². The molecule has 2 heterocycles. The molecule has 3 rings (SSSR count). The topological polar surface area (TPSA) is 79.7 Å². The van der Waals surface area contributed by atoms with Crippen LogP contribution in [0.1, 0.15) is 28.0 Å². The minimum atomic E-state index is -5.08. The Morgan fingerprint density at radius 2 is 1.84 bits per heavy atom. The van der Waals surface area contributed by atoms with E-state index in [1.54, 1.807) is 13.3 Å². The first-order chi connectivity index (χ1) is 14.6. The van der Waals surface area contributed by atoms with E-state index in [2.05, 4.69) is 29.2 Å². The molecular weight excluding hydrogens is 413 g/mol. The number of likely N-dealkylation sites (tertiary alicyclic amines) is 1. The van der Waals surface area contributed by atoms with Gasteiger partial charge >= 0.3 is 12.1 Å². The van der Waals surface area contributed by atoms with E-state index in [4.69, 9.17) is 14.6 Å². The van der Waals surface area contributed by atoms with Gasteiger partial charge in [-0.05, 0) is 37.0 Å². The summed E-state index contributed by atoms with van der Waals surface area (Å²) in [6.07, 6.45) is -1.35. The number of ether oxygens (including phenoxy) is 1. The minimum Gasteiger partial charge on any atom is -0.475 e. The lowest BCUT2D eigenvalue weighted by Crippen LogP contribution is -2.47. The van der Waals surface area contributed by atoms with Crippen LogP contribution in [0.3, 0.4) is 0 Å². The monoisotopic (exact) mass is 438 g/mol. The summed E-state index contributed by atoms with van der Waals surface area (Å²) in [7, 11) is 1.77. The lowest BCUT2D eigenvalue weighted by atomic mass is 9.88. The fourth-order valence-corrected chi connectivity index (χ4v) is 3.37. The van der Waals surface area contributed by atoms with E-state index in [9.17, 15) is 18.0 Å². The van der Waals surface area contributed by atoms with Crippen molar-refractivity contribution in [3.8, 4) is 0 Å². The lowest BCUT2D eigenvalue weighted by molar-refractivity contribution is -0.192. The highest BCUT2D eigenvalue weighted by Crippen LogP contribution is 2.24. The molecule has 6 nitrogen and oxygen atoms in total. The molecule has 2 atom stereocenters. The Bertz CT molecular complexity index is 857. The molecule has 2 aromatic rings. The number of carbonyl (C=O) groups is 2. The Balaban J connectivity index is 0.000000423. The predicted octanol–water partition coefficient (Wildman–Crippen LogP) is 3.74. The number of hydrogen-bond acceptors (Lipinski definition) is 4. The molecular formula is C22H25F3N2O4. The predicted molar refractivity (Wildman–Crippen MR) is 108 cm³/mol. The number of aryl methyl sites for hydroxylation is 1. The highest BCUT2D eigenvalue weighted by atomic mass is 19.4. The number of amides is 1. The molecule has 1 saturated heterocycles. The van der Waals surface area contributed by atoms with E-state index in [0.29, 0.717) is 18.2 Å². The van der Waals surface area contributed by atoms with Crippen molar-refractivity contribution < 1.29 is 32.6 Å². The molecule has 0 radical (unpaired) electrons. The molecule has 0 aliphatic carbocycles. The summed E-state index contributed by atoms with van der Waals surface area (Å²) < 4.78 is 37.4. The summed E-state index contributed by atoms with van der Waals surface area (Å²) in [5, 5.41) is 7.12. The molecule has 0 saturated carbocycles. The first-order valence-electron chi connectivity index (χ1n) is 9.70. The lowest BCUT2D eigenvalue weighted by Gasteiger charge is -2.38. The third-order valence-corrected chi connectivity index (χ3v) is 4.97.